The molecule has 0 bridgehead atoms. The summed E-state index contributed by atoms with van der Waals surface area (Å²) in [6.07, 6.45) is -1.32. The first-order valence-electron chi connectivity index (χ1n) is 5.06. The van der Waals surface area contributed by atoms with E-state index in [1.54, 1.807) is 0 Å². The van der Waals surface area contributed by atoms with E-state index in [1.807, 2.05) is 0 Å². The summed E-state index contributed by atoms with van der Waals surface area (Å²) >= 11 is 5.64. The van der Waals surface area contributed by atoms with Gasteiger partial charge in [-0.1, -0.05) is 0 Å². The number of Topliss-reactive ketones (excluding diaryl/α,β-unsaturated/α-hetero) is 1. The molecule has 0 aliphatic carbocycles. The Morgan fingerprint density at radius 3 is 2.39 bits per heavy atom. The number of carboxylic acid groups (broad SMARTS) is 1. The molecule has 1 aromatic rings. The summed E-state index contributed by atoms with van der Waals surface area (Å²) in [6.45, 7) is 1.46. The maximum atomic E-state index is 11.7. The van der Waals surface area contributed by atoms with Gasteiger partial charge in [0.25, 0.3) is 0 Å². The second kappa shape index (κ2) is 5.75. The number of rotatable bonds is 5. The molecule has 0 aromatic heterocycles. The van der Waals surface area contributed by atoms with Crippen molar-refractivity contribution in [3.63, 3.8) is 0 Å². The summed E-state index contributed by atoms with van der Waals surface area (Å²) in [6, 6.07) is 3.72. The lowest BCUT2D eigenvalue weighted by molar-refractivity contribution is -0.146. The van der Waals surface area contributed by atoms with Crippen molar-refractivity contribution in [1.82, 2.24) is 0 Å². The lowest BCUT2D eigenvalue weighted by Gasteiger charge is -2.10. The predicted octanol–water partition coefficient (Wildman–Crippen LogP) is 1.43. The van der Waals surface area contributed by atoms with E-state index in [0.29, 0.717) is 6.29 Å². The van der Waals surface area contributed by atoms with Gasteiger partial charge in [-0.15, -0.1) is 11.6 Å². The third-order valence-corrected chi connectivity index (χ3v) is 2.51. The Labute approximate surface area is 108 Å². The minimum absolute atomic E-state index is 0.0345. The number of aliphatic carboxylic acids is 1. The Morgan fingerprint density at radius 2 is 1.94 bits per heavy atom. The first-order valence-corrected chi connectivity index (χ1v) is 5.49. The van der Waals surface area contributed by atoms with Crippen LogP contribution in [0.2, 0.25) is 0 Å². The molecule has 0 saturated heterocycles. The highest BCUT2D eigenvalue weighted by Crippen LogP contribution is 2.19. The van der Waals surface area contributed by atoms with Gasteiger partial charge in [-0.05, 0) is 30.7 Å². The van der Waals surface area contributed by atoms with E-state index in [9.17, 15) is 19.5 Å². The number of carbonyl (C=O) groups is 3. The van der Waals surface area contributed by atoms with Crippen LogP contribution in [-0.4, -0.2) is 33.6 Å². The Hall–Kier alpha value is -1.72. The number of halogens is 1. The zero-order chi connectivity index (χ0) is 13.9. The molecule has 2 N–H and O–H groups in total. The van der Waals surface area contributed by atoms with Crippen LogP contribution in [0.4, 0.5) is 0 Å². The molecule has 2 atom stereocenters. The van der Waals surface area contributed by atoms with Crippen molar-refractivity contribution in [2.45, 2.75) is 18.4 Å². The van der Waals surface area contributed by atoms with Gasteiger partial charge in [0.1, 0.15) is 6.29 Å². The van der Waals surface area contributed by atoms with Crippen LogP contribution in [-0.2, 0) is 4.79 Å². The second-order valence-electron chi connectivity index (χ2n) is 3.73. The van der Waals surface area contributed by atoms with Crippen LogP contribution in [0.25, 0.3) is 0 Å². The average Bonchev–Trinajstić information content (AvgIpc) is 2.35. The largest absolute Gasteiger partial charge is 0.479 e. The van der Waals surface area contributed by atoms with Crippen molar-refractivity contribution in [2.75, 3.05) is 0 Å². The van der Waals surface area contributed by atoms with Crippen molar-refractivity contribution < 1.29 is 24.6 Å². The molecule has 0 spiro atoms. The molecule has 0 radical (unpaired) electrons. The summed E-state index contributed by atoms with van der Waals surface area (Å²) in [5.74, 6) is -1.91. The molecule has 0 saturated carbocycles. The molecule has 18 heavy (non-hydrogen) atoms. The number of aliphatic hydroxyl groups is 1. The van der Waals surface area contributed by atoms with Crippen LogP contribution < -0.4 is 0 Å². The zero-order valence-corrected chi connectivity index (χ0v) is 10.2. The van der Waals surface area contributed by atoms with Crippen LogP contribution in [0.15, 0.2) is 18.2 Å². The molecule has 0 aliphatic heterocycles. The first-order chi connectivity index (χ1) is 8.36. The number of benzene rings is 1. The number of carboxylic acids is 1. The summed E-state index contributed by atoms with van der Waals surface area (Å²) in [4.78, 5) is 33.1. The highest BCUT2D eigenvalue weighted by molar-refractivity contribution is 6.33. The van der Waals surface area contributed by atoms with Crippen molar-refractivity contribution in [2.24, 2.45) is 0 Å². The van der Waals surface area contributed by atoms with Crippen LogP contribution >= 0.6 is 11.6 Å². The van der Waals surface area contributed by atoms with Gasteiger partial charge in [-0.3, -0.25) is 9.59 Å². The van der Waals surface area contributed by atoms with Gasteiger partial charge in [0.15, 0.2) is 11.9 Å². The maximum Gasteiger partial charge on any atom is 0.337 e. The fourth-order valence-electron chi connectivity index (χ4n) is 1.42. The molecule has 0 heterocycles. The molecule has 5 nitrogen and oxygen atoms in total. The van der Waals surface area contributed by atoms with Gasteiger partial charge < -0.3 is 10.2 Å². The molecule has 0 amide bonds. The minimum Gasteiger partial charge on any atom is -0.479 e. The molecular formula is C12H11ClO5. The van der Waals surface area contributed by atoms with Gasteiger partial charge in [-0.25, -0.2) is 4.79 Å². The minimum atomic E-state index is -1.79. The van der Waals surface area contributed by atoms with Crippen molar-refractivity contribution in [1.29, 1.82) is 0 Å². The molecule has 6 heteroatoms. The maximum absolute atomic E-state index is 11.7. The summed E-state index contributed by atoms with van der Waals surface area (Å²) in [7, 11) is 0. The third kappa shape index (κ3) is 3.15. The van der Waals surface area contributed by atoms with E-state index in [-0.39, 0.29) is 16.7 Å². The number of carbonyl (C=O) groups excluding carboxylic acids is 2. The molecule has 96 valence electrons. The zero-order valence-electron chi connectivity index (χ0n) is 9.46. The summed E-state index contributed by atoms with van der Waals surface area (Å²) < 4.78 is 0. The lowest BCUT2D eigenvalue weighted by atomic mass is 9.99. The van der Waals surface area contributed by atoms with Crippen LogP contribution in [0, 0.1) is 0 Å². The molecule has 0 aliphatic rings. The highest BCUT2D eigenvalue weighted by atomic mass is 35.5. The van der Waals surface area contributed by atoms with Gasteiger partial charge in [0.2, 0.25) is 0 Å². The average molecular weight is 271 g/mol. The quantitative estimate of drug-likeness (QED) is 0.480. The van der Waals surface area contributed by atoms with Crippen LogP contribution in [0.1, 0.15) is 39.3 Å². The molecule has 0 fully saturated rings. The second-order valence-corrected chi connectivity index (χ2v) is 4.38. The van der Waals surface area contributed by atoms with Gasteiger partial charge in [0, 0.05) is 11.1 Å². The Kier molecular flexibility index (Phi) is 4.58. The van der Waals surface area contributed by atoms with Crippen LogP contribution in [0.5, 0.6) is 0 Å². The number of hydrogen-bond acceptors (Lipinski definition) is 4. The first kappa shape index (κ1) is 14.3. The topological polar surface area (TPSA) is 91.7 Å². The number of aliphatic hydroxyl groups excluding tert-OH is 1. The smallest absolute Gasteiger partial charge is 0.337 e. The molecule has 2 unspecified atom stereocenters. The standard InChI is InChI=1S/C12H11ClO5/c1-6(13)10(15)8-2-7(5-14)3-9(4-8)11(16)12(17)18/h2-6,11,16H,1H3,(H,17,18). The molecular weight excluding hydrogens is 260 g/mol. The Balaban J connectivity index is 3.29. The van der Waals surface area contributed by atoms with Gasteiger partial charge in [-0.2, -0.15) is 0 Å². The predicted molar refractivity (Wildman–Crippen MR) is 64.1 cm³/mol. The monoisotopic (exact) mass is 270 g/mol. The number of hydrogen-bond donors (Lipinski definition) is 2. The van der Waals surface area contributed by atoms with Gasteiger partial charge in [0.05, 0.1) is 5.38 Å². The summed E-state index contributed by atoms with van der Waals surface area (Å²) in [5, 5.41) is 17.3. The lowest BCUT2D eigenvalue weighted by Crippen LogP contribution is -2.15. The summed E-state index contributed by atoms with van der Waals surface area (Å²) in [5.41, 5.74) is 0.165. The molecule has 1 rings (SSSR count). The van der Waals surface area contributed by atoms with Crippen molar-refractivity contribution >= 4 is 29.6 Å². The van der Waals surface area contributed by atoms with Crippen LogP contribution in [0.3, 0.4) is 0 Å². The van der Waals surface area contributed by atoms with E-state index in [2.05, 4.69) is 0 Å². The normalized spacial score (nSPS) is 13.7. The fourth-order valence-corrected chi connectivity index (χ4v) is 1.54. The van der Waals surface area contributed by atoms with Gasteiger partial charge >= 0.3 is 5.97 Å². The van der Waals surface area contributed by atoms with Crippen molar-refractivity contribution in [3.05, 3.63) is 34.9 Å². The number of alkyl halides is 1. The van der Waals surface area contributed by atoms with E-state index in [1.165, 1.54) is 25.1 Å². The Bertz CT molecular complexity index is 495. The van der Waals surface area contributed by atoms with E-state index in [0.717, 1.165) is 0 Å². The Morgan fingerprint density at radius 1 is 1.33 bits per heavy atom. The van der Waals surface area contributed by atoms with E-state index in [4.69, 9.17) is 16.7 Å². The van der Waals surface area contributed by atoms with E-state index < -0.39 is 23.2 Å². The number of ketones is 1. The fraction of sp³-hybridized carbons (Fsp3) is 0.250. The third-order valence-electron chi connectivity index (χ3n) is 2.31. The number of aldehydes is 1. The SMILES string of the molecule is CC(Cl)C(=O)c1cc(C=O)cc(C(O)C(=O)O)c1. The van der Waals surface area contributed by atoms with E-state index >= 15 is 0 Å². The van der Waals surface area contributed by atoms with Crippen molar-refractivity contribution in [3.8, 4) is 0 Å². The highest BCUT2D eigenvalue weighted by Gasteiger charge is 2.20. The molecule has 1 aromatic carbocycles.